The third kappa shape index (κ3) is 5.05. The monoisotopic (exact) mass is 307 g/mol. The Morgan fingerprint density at radius 1 is 1.14 bits per heavy atom. The quantitative estimate of drug-likeness (QED) is 0.665. The van der Waals surface area contributed by atoms with Gasteiger partial charge >= 0.3 is 12.3 Å². The Labute approximate surface area is 118 Å². The van der Waals surface area contributed by atoms with Crippen molar-refractivity contribution >= 4 is 17.6 Å². The van der Waals surface area contributed by atoms with E-state index in [0.717, 1.165) is 12.1 Å². The van der Waals surface area contributed by atoms with Gasteiger partial charge in [0, 0.05) is 0 Å². The van der Waals surface area contributed by atoms with Gasteiger partial charge in [-0.2, -0.15) is 13.2 Å². The second-order valence-corrected chi connectivity index (χ2v) is 5.14. The number of amides is 1. The minimum atomic E-state index is -5.18. The van der Waals surface area contributed by atoms with Crippen LogP contribution >= 0.6 is 0 Å². The highest BCUT2D eigenvalue weighted by Gasteiger charge is 2.41. The van der Waals surface area contributed by atoms with E-state index in [0.29, 0.717) is 6.07 Å². The summed E-state index contributed by atoms with van der Waals surface area (Å²) in [6.07, 6.45) is -6.23. The number of ether oxygens (including phenoxy) is 1. The Morgan fingerprint density at radius 2 is 1.71 bits per heavy atom. The Balaban J connectivity index is 3.09. The zero-order valence-corrected chi connectivity index (χ0v) is 11.5. The number of carbonyl (C=O) groups is 2. The predicted molar refractivity (Wildman–Crippen MR) is 66.6 cm³/mol. The summed E-state index contributed by atoms with van der Waals surface area (Å²) in [7, 11) is 0. The summed E-state index contributed by atoms with van der Waals surface area (Å²) in [5, 5.41) is 2.00. The lowest BCUT2D eigenvalue weighted by molar-refractivity contribution is -0.0884. The highest BCUT2D eigenvalue weighted by Crippen LogP contribution is 2.27. The normalized spacial score (nSPS) is 12.0. The van der Waals surface area contributed by atoms with Crippen molar-refractivity contribution in [3.63, 3.8) is 0 Å². The summed E-state index contributed by atoms with van der Waals surface area (Å²) in [6, 6.07) is 2.08. The number of nitrogens with one attached hydrogen (secondary N) is 1. The van der Waals surface area contributed by atoms with Gasteiger partial charge in [0.2, 0.25) is 0 Å². The van der Waals surface area contributed by atoms with Crippen LogP contribution in [0.2, 0.25) is 0 Å². The van der Waals surface area contributed by atoms with E-state index in [1.807, 2.05) is 5.32 Å². The summed E-state index contributed by atoms with van der Waals surface area (Å²) >= 11 is 0. The molecule has 1 rings (SSSR count). The molecule has 1 amide bonds. The second-order valence-electron chi connectivity index (χ2n) is 5.14. The number of Topliss-reactive ketones (excluding diaryl/α,β-unsaturated/α-hetero) is 1. The molecule has 116 valence electrons. The molecule has 0 saturated carbocycles. The van der Waals surface area contributed by atoms with Crippen molar-refractivity contribution in [3.05, 3.63) is 29.6 Å². The molecule has 0 aliphatic carbocycles. The van der Waals surface area contributed by atoms with Gasteiger partial charge in [-0.05, 0) is 39.0 Å². The molecule has 0 heterocycles. The first-order chi connectivity index (χ1) is 9.40. The Hall–Kier alpha value is -2.12. The maximum Gasteiger partial charge on any atom is 0.454 e. The second kappa shape index (κ2) is 5.71. The van der Waals surface area contributed by atoms with Crippen molar-refractivity contribution in [2.45, 2.75) is 32.5 Å². The van der Waals surface area contributed by atoms with E-state index in [9.17, 15) is 27.2 Å². The number of rotatable bonds is 2. The molecule has 0 atom stereocenters. The summed E-state index contributed by atoms with van der Waals surface area (Å²) < 4.78 is 55.2. The van der Waals surface area contributed by atoms with Gasteiger partial charge in [-0.3, -0.25) is 10.1 Å². The van der Waals surface area contributed by atoms with Crippen molar-refractivity contribution in [1.29, 1.82) is 0 Å². The Morgan fingerprint density at radius 3 is 2.19 bits per heavy atom. The van der Waals surface area contributed by atoms with E-state index < -0.39 is 40.7 Å². The summed E-state index contributed by atoms with van der Waals surface area (Å²) in [6.45, 7) is 4.66. The largest absolute Gasteiger partial charge is 0.454 e. The molecule has 4 nitrogen and oxygen atoms in total. The number of alkyl halides is 3. The van der Waals surface area contributed by atoms with Crippen LogP contribution in [0.15, 0.2) is 18.2 Å². The van der Waals surface area contributed by atoms with Gasteiger partial charge in [0.1, 0.15) is 11.4 Å². The molecule has 1 N–H and O–H groups in total. The fourth-order valence-electron chi connectivity index (χ4n) is 1.38. The van der Waals surface area contributed by atoms with Crippen LogP contribution in [-0.4, -0.2) is 23.7 Å². The van der Waals surface area contributed by atoms with Gasteiger partial charge < -0.3 is 4.74 Å². The smallest absolute Gasteiger partial charge is 0.444 e. The maximum atomic E-state index is 13.0. The minimum Gasteiger partial charge on any atom is -0.444 e. The summed E-state index contributed by atoms with van der Waals surface area (Å²) in [4.78, 5) is 22.7. The highest BCUT2D eigenvalue weighted by molar-refractivity contribution is 6.06. The molecule has 0 saturated heterocycles. The molecule has 1 aromatic rings. The fraction of sp³-hybridized carbons (Fsp3) is 0.385. The van der Waals surface area contributed by atoms with Crippen LogP contribution in [0, 0.1) is 5.82 Å². The number of carbonyl (C=O) groups excluding carboxylic acids is 2. The predicted octanol–water partition coefficient (Wildman–Crippen LogP) is 3.92. The fourth-order valence-corrected chi connectivity index (χ4v) is 1.38. The Bertz CT molecular complexity index is 562. The van der Waals surface area contributed by atoms with Gasteiger partial charge in [-0.25, -0.2) is 9.18 Å². The van der Waals surface area contributed by atoms with Gasteiger partial charge in [0.15, 0.2) is 0 Å². The van der Waals surface area contributed by atoms with Crippen molar-refractivity contribution in [3.8, 4) is 0 Å². The number of anilines is 1. The highest BCUT2D eigenvalue weighted by atomic mass is 19.4. The number of halogens is 4. The minimum absolute atomic E-state index is 0.405. The van der Waals surface area contributed by atoms with E-state index in [-0.39, 0.29) is 0 Å². The number of ketones is 1. The SMILES string of the molecule is CC(C)(C)OC(=O)Nc1ccc(F)cc1C(=O)C(F)(F)F. The number of benzene rings is 1. The first-order valence-corrected chi connectivity index (χ1v) is 5.81. The number of hydrogen-bond acceptors (Lipinski definition) is 3. The molecule has 1 aromatic carbocycles. The lowest BCUT2D eigenvalue weighted by Crippen LogP contribution is -2.29. The van der Waals surface area contributed by atoms with Gasteiger partial charge in [0.25, 0.3) is 5.78 Å². The molecule has 0 spiro atoms. The lowest BCUT2D eigenvalue weighted by atomic mass is 10.1. The van der Waals surface area contributed by atoms with Crippen LogP contribution in [0.1, 0.15) is 31.1 Å². The molecular formula is C13H13F4NO3. The molecule has 0 radical (unpaired) electrons. The van der Waals surface area contributed by atoms with Gasteiger partial charge in [-0.1, -0.05) is 0 Å². The molecule has 0 bridgehead atoms. The first-order valence-electron chi connectivity index (χ1n) is 5.81. The van der Waals surface area contributed by atoms with E-state index in [1.54, 1.807) is 20.8 Å². The molecule has 0 aliphatic heterocycles. The van der Waals surface area contributed by atoms with Crippen LogP contribution in [0.5, 0.6) is 0 Å². The van der Waals surface area contributed by atoms with Crippen LogP contribution in [0.4, 0.5) is 28.0 Å². The lowest BCUT2D eigenvalue weighted by Gasteiger charge is -2.20. The molecule has 21 heavy (non-hydrogen) atoms. The van der Waals surface area contributed by atoms with E-state index in [4.69, 9.17) is 4.74 Å². The average molecular weight is 307 g/mol. The standard InChI is InChI=1S/C13H13F4NO3/c1-12(2,3)21-11(20)18-9-5-4-7(14)6-8(9)10(19)13(15,16)17/h4-6H,1-3H3,(H,18,20). The van der Waals surface area contributed by atoms with Gasteiger partial charge in [-0.15, -0.1) is 0 Å². The maximum absolute atomic E-state index is 13.0. The first kappa shape index (κ1) is 16.9. The van der Waals surface area contributed by atoms with Crippen molar-refractivity contribution in [2.24, 2.45) is 0 Å². The third-order valence-corrected chi connectivity index (χ3v) is 2.12. The molecule has 0 aromatic heterocycles. The Kier molecular flexibility index (Phi) is 4.60. The van der Waals surface area contributed by atoms with Crippen LogP contribution < -0.4 is 5.32 Å². The van der Waals surface area contributed by atoms with Crippen LogP contribution in [0.3, 0.4) is 0 Å². The molecule has 0 unspecified atom stereocenters. The van der Waals surface area contributed by atoms with Gasteiger partial charge in [0.05, 0.1) is 11.3 Å². The van der Waals surface area contributed by atoms with E-state index in [1.165, 1.54) is 0 Å². The summed E-state index contributed by atoms with van der Waals surface area (Å²) in [5.74, 6) is -3.29. The topological polar surface area (TPSA) is 55.4 Å². The van der Waals surface area contributed by atoms with Crippen LogP contribution in [-0.2, 0) is 4.74 Å². The molecule has 0 fully saturated rings. The molecular weight excluding hydrogens is 294 g/mol. The zero-order chi connectivity index (χ0) is 16.4. The van der Waals surface area contributed by atoms with Crippen molar-refractivity contribution in [1.82, 2.24) is 0 Å². The number of hydrogen-bond donors (Lipinski definition) is 1. The third-order valence-electron chi connectivity index (χ3n) is 2.12. The summed E-state index contributed by atoms with van der Waals surface area (Å²) in [5.41, 5.74) is -2.35. The molecule has 8 heteroatoms. The zero-order valence-electron chi connectivity index (χ0n) is 11.5. The van der Waals surface area contributed by atoms with E-state index >= 15 is 0 Å². The van der Waals surface area contributed by atoms with Crippen molar-refractivity contribution < 1.29 is 31.9 Å². The van der Waals surface area contributed by atoms with Crippen molar-refractivity contribution in [2.75, 3.05) is 5.32 Å². The van der Waals surface area contributed by atoms with Crippen LogP contribution in [0.25, 0.3) is 0 Å². The average Bonchev–Trinajstić information content (AvgIpc) is 2.26. The van der Waals surface area contributed by atoms with E-state index in [2.05, 4.69) is 0 Å². The molecule has 0 aliphatic rings.